The Labute approximate surface area is 121 Å². The first-order valence-corrected chi connectivity index (χ1v) is 6.31. The zero-order valence-corrected chi connectivity index (χ0v) is 11.6. The van der Waals surface area contributed by atoms with Gasteiger partial charge in [-0.25, -0.2) is 4.39 Å². The average Bonchev–Trinajstić information content (AvgIpc) is 2.42. The zero-order chi connectivity index (χ0) is 14.7. The molecular formula is C13H9BrFNO4. The van der Waals surface area contributed by atoms with Gasteiger partial charge in [0, 0.05) is 6.07 Å². The fourth-order valence-electron chi connectivity index (χ4n) is 1.61. The standard InChI is InChI=1S/C13H9BrFNO4/c14-11-6-10(1-3-12(11)15)20-9-2-4-13(16(18)19)8(5-9)7-17/h1-6,17H,7H2. The number of halogens is 2. The van der Waals surface area contributed by atoms with Crippen LogP contribution >= 0.6 is 15.9 Å². The minimum Gasteiger partial charge on any atom is -0.457 e. The van der Waals surface area contributed by atoms with Crippen LogP contribution in [-0.2, 0) is 6.61 Å². The van der Waals surface area contributed by atoms with E-state index in [1.54, 1.807) is 0 Å². The molecule has 0 aliphatic carbocycles. The molecule has 0 spiro atoms. The summed E-state index contributed by atoms with van der Waals surface area (Å²) in [6.07, 6.45) is 0. The Morgan fingerprint density at radius 1 is 1.25 bits per heavy atom. The van der Waals surface area contributed by atoms with Crippen LogP contribution in [0.1, 0.15) is 5.56 Å². The fraction of sp³-hybridized carbons (Fsp3) is 0.0769. The van der Waals surface area contributed by atoms with Gasteiger partial charge in [0.25, 0.3) is 5.69 Å². The molecule has 20 heavy (non-hydrogen) atoms. The van der Waals surface area contributed by atoms with E-state index in [0.717, 1.165) is 0 Å². The highest BCUT2D eigenvalue weighted by Gasteiger charge is 2.14. The molecule has 0 aliphatic heterocycles. The smallest absolute Gasteiger partial charge is 0.275 e. The van der Waals surface area contributed by atoms with E-state index in [2.05, 4.69) is 15.9 Å². The molecule has 2 rings (SSSR count). The monoisotopic (exact) mass is 341 g/mol. The number of aliphatic hydroxyl groups excluding tert-OH is 1. The van der Waals surface area contributed by atoms with E-state index in [1.807, 2.05) is 0 Å². The van der Waals surface area contributed by atoms with Gasteiger partial charge < -0.3 is 9.84 Å². The summed E-state index contributed by atoms with van der Waals surface area (Å²) in [7, 11) is 0. The first-order chi connectivity index (χ1) is 9.51. The normalized spacial score (nSPS) is 10.3. The number of hydrogen-bond donors (Lipinski definition) is 1. The second-order valence-electron chi connectivity index (χ2n) is 3.88. The molecule has 0 unspecified atom stereocenters. The van der Waals surface area contributed by atoms with E-state index in [4.69, 9.17) is 9.84 Å². The van der Waals surface area contributed by atoms with Crippen LogP contribution in [0.4, 0.5) is 10.1 Å². The van der Waals surface area contributed by atoms with Gasteiger partial charge in [-0.05, 0) is 46.3 Å². The number of benzene rings is 2. The van der Waals surface area contributed by atoms with Crippen molar-refractivity contribution in [1.29, 1.82) is 0 Å². The fourth-order valence-corrected chi connectivity index (χ4v) is 1.96. The molecule has 0 radical (unpaired) electrons. The van der Waals surface area contributed by atoms with E-state index < -0.39 is 17.3 Å². The van der Waals surface area contributed by atoms with Crippen molar-refractivity contribution in [2.45, 2.75) is 6.61 Å². The Hall–Kier alpha value is -1.99. The summed E-state index contributed by atoms with van der Waals surface area (Å²) in [6, 6.07) is 8.14. The SMILES string of the molecule is O=[N+]([O-])c1ccc(Oc2ccc(F)c(Br)c2)cc1CO. The van der Waals surface area contributed by atoms with Crippen LogP contribution in [0.3, 0.4) is 0 Å². The number of nitrogens with zero attached hydrogens (tertiary/aromatic N) is 1. The summed E-state index contributed by atoms with van der Waals surface area (Å²) >= 11 is 3.03. The second kappa shape index (κ2) is 5.98. The lowest BCUT2D eigenvalue weighted by atomic mass is 10.2. The third-order valence-corrected chi connectivity index (χ3v) is 3.15. The van der Waals surface area contributed by atoms with Crippen molar-refractivity contribution in [2.24, 2.45) is 0 Å². The van der Waals surface area contributed by atoms with E-state index in [0.29, 0.717) is 11.5 Å². The molecule has 7 heteroatoms. The van der Waals surface area contributed by atoms with Gasteiger partial charge in [0.05, 0.1) is 21.6 Å². The van der Waals surface area contributed by atoms with Crippen molar-refractivity contribution >= 4 is 21.6 Å². The number of nitro groups is 1. The Morgan fingerprint density at radius 3 is 2.50 bits per heavy atom. The van der Waals surface area contributed by atoms with Crippen LogP contribution in [0.5, 0.6) is 11.5 Å². The predicted octanol–water partition coefficient (Wildman–Crippen LogP) is 3.78. The quantitative estimate of drug-likeness (QED) is 0.678. The molecule has 104 valence electrons. The average molecular weight is 342 g/mol. The van der Waals surface area contributed by atoms with Crippen LogP contribution < -0.4 is 4.74 Å². The number of hydrogen-bond acceptors (Lipinski definition) is 4. The van der Waals surface area contributed by atoms with Crippen LogP contribution in [-0.4, -0.2) is 10.0 Å². The van der Waals surface area contributed by atoms with E-state index in [-0.39, 0.29) is 15.7 Å². The molecular weight excluding hydrogens is 333 g/mol. The molecule has 0 fully saturated rings. The van der Waals surface area contributed by atoms with Gasteiger partial charge in [0.1, 0.15) is 17.3 Å². The van der Waals surface area contributed by atoms with E-state index in [9.17, 15) is 14.5 Å². The van der Waals surface area contributed by atoms with Crippen molar-refractivity contribution in [3.8, 4) is 11.5 Å². The third kappa shape index (κ3) is 3.12. The highest BCUT2D eigenvalue weighted by molar-refractivity contribution is 9.10. The Morgan fingerprint density at radius 2 is 1.90 bits per heavy atom. The maximum Gasteiger partial charge on any atom is 0.275 e. The number of ether oxygens (including phenoxy) is 1. The molecule has 0 bridgehead atoms. The molecule has 0 heterocycles. The van der Waals surface area contributed by atoms with E-state index in [1.165, 1.54) is 36.4 Å². The minimum atomic E-state index is -0.580. The molecule has 0 aromatic heterocycles. The van der Waals surface area contributed by atoms with Gasteiger partial charge in [-0.1, -0.05) is 0 Å². The molecule has 0 atom stereocenters. The van der Waals surface area contributed by atoms with Gasteiger partial charge in [-0.2, -0.15) is 0 Å². The van der Waals surface area contributed by atoms with Gasteiger partial charge >= 0.3 is 0 Å². The van der Waals surface area contributed by atoms with Crippen molar-refractivity contribution < 1.29 is 19.2 Å². The molecule has 2 aromatic carbocycles. The minimum absolute atomic E-state index is 0.147. The first kappa shape index (κ1) is 14.4. The number of nitro benzene ring substituents is 1. The maximum atomic E-state index is 13.1. The summed E-state index contributed by atoms with van der Waals surface area (Å²) in [5.41, 5.74) is -0.0335. The Bertz CT molecular complexity index is 663. The molecule has 0 saturated heterocycles. The molecule has 0 saturated carbocycles. The van der Waals surface area contributed by atoms with Crippen LogP contribution in [0, 0.1) is 15.9 Å². The molecule has 0 aliphatic rings. The molecule has 2 aromatic rings. The van der Waals surface area contributed by atoms with Crippen molar-refractivity contribution in [2.75, 3.05) is 0 Å². The lowest BCUT2D eigenvalue weighted by Gasteiger charge is -2.08. The van der Waals surface area contributed by atoms with Crippen LogP contribution in [0.25, 0.3) is 0 Å². The van der Waals surface area contributed by atoms with Gasteiger partial charge in [-0.3, -0.25) is 10.1 Å². The topological polar surface area (TPSA) is 72.6 Å². The highest BCUT2D eigenvalue weighted by Crippen LogP contribution is 2.29. The van der Waals surface area contributed by atoms with Crippen LogP contribution in [0.15, 0.2) is 40.9 Å². The third-order valence-electron chi connectivity index (χ3n) is 2.54. The number of rotatable bonds is 4. The van der Waals surface area contributed by atoms with Gasteiger partial charge in [-0.15, -0.1) is 0 Å². The summed E-state index contributed by atoms with van der Waals surface area (Å²) in [5, 5.41) is 19.9. The maximum absolute atomic E-state index is 13.1. The summed E-state index contributed by atoms with van der Waals surface area (Å²) in [6.45, 7) is -0.472. The lowest BCUT2D eigenvalue weighted by molar-refractivity contribution is -0.385. The highest BCUT2D eigenvalue weighted by atomic mass is 79.9. The molecule has 0 amide bonds. The molecule has 5 nitrogen and oxygen atoms in total. The second-order valence-corrected chi connectivity index (χ2v) is 4.74. The lowest BCUT2D eigenvalue weighted by Crippen LogP contribution is -1.96. The predicted molar refractivity (Wildman–Crippen MR) is 73.2 cm³/mol. The van der Waals surface area contributed by atoms with Crippen molar-refractivity contribution in [1.82, 2.24) is 0 Å². The first-order valence-electron chi connectivity index (χ1n) is 5.52. The zero-order valence-electron chi connectivity index (χ0n) is 10.0. The summed E-state index contributed by atoms with van der Waals surface area (Å²) in [5.74, 6) is 0.270. The summed E-state index contributed by atoms with van der Waals surface area (Å²) in [4.78, 5) is 10.2. The largest absolute Gasteiger partial charge is 0.457 e. The van der Waals surface area contributed by atoms with Gasteiger partial charge in [0.2, 0.25) is 0 Å². The Kier molecular flexibility index (Phi) is 4.31. The van der Waals surface area contributed by atoms with E-state index >= 15 is 0 Å². The van der Waals surface area contributed by atoms with Crippen molar-refractivity contribution in [3.63, 3.8) is 0 Å². The van der Waals surface area contributed by atoms with Gasteiger partial charge in [0.15, 0.2) is 0 Å². The molecule has 1 N–H and O–H groups in total. The van der Waals surface area contributed by atoms with Crippen molar-refractivity contribution in [3.05, 3.63) is 62.4 Å². The Balaban J connectivity index is 2.29. The van der Waals surface area contributed by atoms with Crippen LogP contribution in [0.2, 0.25) is 0 Å². The number of aliphatic hydroxyl groups is 1. The summed E-state index contributed by atoms with van der Waals surface area (Å²) < 4.78 is 18.8.